The lowest BCUT2D eigenvalue weighted by Crippen LogP contribution is -2.41. The number of carbonyl (C=O) groups excluding carboxylic acids is 3. The van der Waals surface area contributed by atoms with Gasteiger partial charge in [-0.15, -0.1) is 0 Å². The molecule has 9 heteroatoms. The highest BCUT2D eigenvalue weighted by Crippen LogP contribution is 2.31. The molecular formula is C12H11Cl3N2O4. The molecule has 1 aromatic carbocycles. The summed E-state index contributed by atoms with van der Waals surface area (Å²) in [7, 11) is 0. The van der Waals surface area contributed by atoms with Gasteiger partial charge in [0.15, 0.2) is 6.61 Å². The van der Waals surface area contributed by atoms with Gasteiger partial charge >= 0.3 is 12.0 Å². The summed E-state index contributed by atoms with van der Waals surface area (Å²) in [5.74, 6) is -1.71. The number of halogens is 3. The summed E-state index contributed by atoms with van der Waals surface area (Å²) in [4.78, 5) is 34.3. The third-order valence-corrected chi connectivity index (χ3v) is 3.29. The molecule has 2 N–H and O–H groups in total. The number of benzene rings is 1. The van der Waals surface area contributed by atoms with E-state index < -0.39 is 24.5 Å². The second kappa shape index (κ2) is 8.07. The highest BCUT2D eigenvalue weighted by atomic mass is 35.5. The fraction of sp³-hybridized carbons (Fsp3) is 0.250. The number of hydrogen-bond donors (Lipinski definition) is 2. The van der Waals surface area contributed by atoms with Gasteiger partial charge in [-0.1, -0.05) is 34.8 Å². The molecule has 0 aliphatic rings. The molecule has 0 saturated carbocycles. The third-order valence-electron chi connectivity index (χ3n) is 2.17. The van der Waals surface area contributed by atoms with E-state index in [1.54, 1.807) is 6.92 Å². The maximum Gasteiger partial charge on any atom is 0.341 e. The molecule has 1 rings (SSSR count). The first-order chi connectivity index (χ1) is 9.86. The van der Waals surface area contributed by atoms with Crippen LogP contribution in [0.4, 0.5) is 4.79 Å². The average Bonchev–Trinajstić information content (AvgIpc) is 2.41. The Balaban J connectivity index is 2.65. The molecule has 0 atom stereocenters. The van der Waals surface area contributed by atoms with Crippen molar-refractivity contribution in [2.24, 2.45) is 0 Å². The van der Waals surface area contributed by atoms with Crippen LogP contribution in [0.2, 0.25) is 15.1 Å². The van der Waals surface area contributed by atoms with Gasteiger partial charge in [-0.2, -0.15) is 0 Å². The largest absolute Gasteiger partial charge is 0.452 e. The molecule has 0 saturated heterocycles. The van der Waals surface area contributed by atoms with Crippen LogP contribution in [-0.4, -0.2) is 31.1 Å². The van der Waals surface area contributed by atoms with Crippen molar-refractivity contribution in [2.45, 2.75) is 6.92 Å². The van der Waals surface area contributed by atoms with E-state index >= 15 is 0 Å². The number of esters is 1. The minimum Gasteiger partial charge on any atom is -0.452 e. The molecule has 0 fully saturated rings. The van der Waals surface area contributed by atoms with Crippen molar-refractivity contribution in [1.29, 1.82) is 0 Å². The van der Waals surface area contributed by atoms with Crippen molar-refractivity contribution in [1.82, 2.24) is 10.6 Å². The lowest BCUT2D eigenvalue weighted by Gasteiger charge is -2.09. The van der Waals surface area contributed by atoms with Crippen molar-refractivity contribution >= 4 is 52.7 Å². The van der Waals surface area contributed by atoms with Crippen LogP contribution in [0, 0.1) is 0 Å². The molecule has 0 radical (unpaired) electrons. The molecular weight excluding hydrogens is 343 g/mol. The first kappa shape index (κ1) is 17.6. The first-order valence-corrected chi connectivity index (χ1v) is 6.88. The molecule has 0 aliphatic carbocycles. The van der Waals surface area contributed by atoms with E-state index in [-0.39, 0.29) is 20.6 Å². The average molecular weight is 354 g/mol. The number of hydrogen-bond acceptors (Lipinski definition) is 4. The standard InChI is InChI=1S/C12H11Cl3N2O4/c1-2-16-12(20)17-8(18)5-21-11(19)9-6(13)3-4-7(14)10(9)15/h3-4H,2,5H2,1H3,(H2,16,17,18,20). The predicted molar refractivity (Wildman–Crippen MR) is 79.0 cm³/mol. The number of urea groups is 1. The Bertz CT molecular complexity index is 578. The van der Waals surface area contributed by atoms with E-state index in [9.17, 15) is 14.4 Å². The van der Waals surface area contributed by atoms with Crippen LogP contribution >= 0.6 is 34.8 Å². The normalized spacial score (nSPS) is 9.90. The lowest BCUT2D eigenvalue weighted by molar-refractivity contribution is -0.123. The molecule has 0 spiro atoms. The van der Waals surface area contributed by atoms with E-state index in [1.165, 1.54) is 12.1 Å². The second-order valence-corrected chi connectivity index (χ2v) is 4.89. The Labute approximate surface area is 135 Å². The SMILES string of the molecule is CCNC(=O)NC(=O)COC(=O)c1c(Cl)ccc(Cl)c1Cl. The molecule has 0 aromatic heterocycles. The fourth-order valence-corrected chi connectivity index (χ4v) is 1.97. The van der Waals surface area contributed by atoms with Crippen LogP contribution in [0.25, 0.3) is 0 Å². The minimum atomic E-state index is -0.918. The predicted octanol–water partition coefficient (Wildman–Crippen LogP) is 2.65. The zero-order chi connectivity index (χ0) is 16.0. The van der Waals surface area contributed by atoms with Gasteiger partial charge in [0.2, 0.25) is 0 Å². The Hall–Kier alpha value is -1.50. The van der Waals surface area contributed by atoms with Gasteiger partial charge in [0.05, 0.1) is 20.6 Å². The Morgan fingerprint density at radius 3 is 2.38 bits per heavy atom. The van der Waals surface area contributed by atoms with E-state index in [4.69, 9.17) is 39.5 Å². The van der Waals surface area contributed by atoms with Gasteiger partial charge in [0.1, 0.15) is 0 Å². The molecule has 0 unspecified atom stereocenters. The summed E-state index contributed by atoms with van der Waals surface area (Å²) in [6, 6.07) is 2.11. The summed E-state index contributed by atoms with van der Waals surface area (Å²) in [5.41, 5.74) is -0.142. The molecule has 0 aliphatic heterocycles. The summed E-state index contributed by atoms with van der Waals surface area (Å²) in [6.45, 7) is 1.38. The highest BCUT2D eigenvalue weighted by molar-refractivity contribution is 6.46. The summed E-state index contributed by atoms with van der Waals surface area (Å²) < 4.78 is 4.73. The molecule has 21 heavy (non-hydrogen) atoms. The van der Waals surface area contributed by atoms with Crippen LogP contribution in [0.15, 0.2) is 12.1 Å². The van der Waals surface area contributed by atoms with Gasteiger partial charge in [-0.05, 0) is 19.1 Å². The van der Waals surface area contributed by atoms with E-state index in [1.807, 2.05) is 5.32 Å². The smallest absolute Gasteiger partial charge is 0.341 e. The van der Waals surface area contributed by atoms with Gasteiger partial charge in [-0.3, -0.25) is 10.1 Å². The number of rotatable bonds is 4. The molecule has 114 valence electrons. The van der Waals surface area contributed by atoms with Crippen LogP contribution in [0.3, 0.4) is 0 Å². The van der Waals surface area contributed by atoms with Crippen LogP contribution in [0.1, 0.15) is 17.3 Å². The van der Waals surface area contributed by atoms with Crippen molar-refractivity contribution in [2.75, 3.05) is 13.2 Å². The lowest BCUT2D eigenvalue weighted by atomic mass is 10.2. The van der Waals surface area contributed by atoms with E-state index in [0.717, 1.165) is 0 Å². The Morgan fingerprint density at radius 1 is 1.14 bits per heavy atom. The van der Waals surface area contributed by atoms with Crippen molar-refractivity contribution in [3.05, 3.63) is 32.8 Å². The van der Waals surface area contributed by atoms with Gasteiger partial charge < -0.3 is 10.1 Å². The summed E-state index contributed by atoms with van der Waals surface area (Å²) >= 11 is 17.4. The number of ether oxygens (including phenoxy) is 1. The van der Waals surface area contributed by atoms with Crippen molar-refractivity contribution in [3.8, 4) is 0 Å². The quantitative estimate of drug-likeness (QED) is 0.644. The van der Waals surface area contributed by atoms with Gasteiger partial charge in [-0.25, -0.2) is 9.59 Å². The Kier molecular flexibility index (Phi) is 6.74. The third kappa shape index (κ3) is 5.08. The van der Waals surface area contributed by atoms with Gasteiger partial charge in [0, 0.05) is 6.54 Å². The second-order valence-electron chi connectivity index (χ2n) is 3.70. The fourth-order valence-electron chi connectivity index (χ4n) is 1.28. The zero-order valence-corrected chi connectivity index (χ0v) is 13.1. The highest BCUT2D eigenvalue weighted by Gasteiger charge is 2.20. The number of nitrogens with one attached hydrogen (secondary N) is 2. The topological polar surface area (TPSA) is 84.5 Å². The maximum atomic E-state index is 11.8. The monoisotopic (exact) mass is 352 g/mol. The number of imide groups is 1. The number of amides is 3. The van der Waals surface area contributed by atoms with Gasteiger partial charge in [0.25, 0.3) is 5.91 Å². The van der Waals surface area contributed by atoms with Crippen molar-refractivity contribution in [3.63, 3.8) is 0 Å². The molecule has 3 amide bonds. The van der Waals surface area contributed by atoms with Crippen LogP contribution in [-0.2, 0) is 9.53 Å². The molecule has 0 heterocycles. The number of carbonyl (C=O) groups is 3. The molecule has 6 nitrogen and oxygen atoms in total. The first-order valence-electron chi connectivity index (χ1n) is 5.75. The Morgan fingerprint density at radius 2 is 1.76 bits per heavy atom. The van der Waals surface area contributed by atoms with E-state index in [0.29, 0.717) is 6.54 Å². The maximum absolute atomic E-state index is 11.8. The minimum absolute atomic E-state index is 0.0403. The van der Waals surface area contributed by atoms with Crippen LogP contribution < -0.4 is 10.6 Å². The summed E-state index contributed by atoms with van der Waals surface area (Å²) in [5, 5.41) is 4.41. The zero-order valence-electron chi connectivity index (χ0n) is 10.8. The van der Waals surface area contributed by atoms with E-state index in [2.05, 4.69) is 5.32 Å². The van der Waals surface area contributed by atoms with Crippen molar-refractivity contribution < 1.29 is 19.1 Å². The molecule has 0 bridgehead atoms. The summed E-state index contributed by atoms with van der Waals surface area (Å²) in [6.07, 6.45) is 0. The van der Waals surface area contributed by atoms with Crippen LogP contribution in [0.5, 0.6) is 0 Å². The molecule has 1 aromatic rings.